The fourth-order valence-electron chi connectivity index (χ4n) is 3.17. The minimum absolute atomic E-state index is 0.0273. The van der Waals surface area contributed by atoms with E-state index in [1.54, 1.807) is 30.1 Å². The molecule has 2 heterocycles. The van der Waals surface area contributed by atoms with Crippen LogP contribution in [-0.2, 0) is 6.42 Å². The lowest BCUT2D eigenvalue weighted by Crippen LogP contribution is -2.24. The molecule has 1 aliphatic heterocycles. The molecule has 0 amide bonds. The molecule has 148 valence electrons. The van der Waals surface area contributed by atoms with E-state index >= 15 is 0 Å². The van der Waals surface area contributed by atoms with Gasteiger partial charge in [0.05, 0.1) is 12.1 Å². The first-order valence-corrected chi connectivity index (χ1v) is 10.5. The van der Waals surface area contributed by atoms with Crippen molar-refractivity contribution in [3.8, 4) is 11.5 Å². The molecule has 2 aromatic carbocycles. The molecule has 1 aromatic heterocycles. The van der Waals surface area contributed by atoms with E-state index < -0.39 is 0 Å². The molecule has 0 aliphatic carbocycles. The Bertz CT molecular complexity index is 1050. The summed E-state index contributed by atoms with van der Waals surface area (Å²) in [6.45, 7) is 3.44. The van der Waals surface area contributed by atoms with Crippen molar-refractivity contribution in [1.82, 2.24) is 10.3 Å². The largest absolute Gasteiger partial charge is 0.508 e. The number of hydrogen-bond donors (Lipinski definition) is 2. The van der Waals surface area contributed by atoms with Crippen LogP contribution in [0.3, 0.4) is 0 Å². The van der Waals surface area contributed by atoms with Gasteiger partial charge < -0.3 is 9.84 Å². The first-order chi connectivity index (χ1) is 14.2. The van der Waals surface area contributed by atoms with E-state index in [4.69, 9.17) is 4.74 Å². The Hall–Kier alpha value is -2.83. The molecule has 6 heteroatoms. The SMILES string of the molecule is CCOc1ccnc2ccc(/C=C3/C=NC(NCCc4ccc(O)cc4)S3)cc12. The molecule has 5 nitrogen and oxygen atoms in total. The predicted molar refractivity (Wildman–Crippen MR) is 121 cm³/mol. The molecule has 3 aromatic rings. The summed E-state index contributed by atoms with van der Waals surface area (Å²) < 4.78 is 5.73. The Labute approximate surface area is 174 Å². The molecular weight excluding hydrogens is 382 g/mol. The number of aliphatic imine (C=N–C) groups is 1. The minimum Gasteiger partial charge on any atom is -0.508 e. The van der Waals surface area contributed by atoms with Crippen molar-refractivity contribution >= 4 is 35.0 Å². The standard InChI is InChI=1S/C23H23N3O2S/c1-2-28-22-10-12-24-21-8-5-17(14-20(21)22)13-19-15-26-23(29-19)25-11-9-16-3-6-18(27)7-4-16/h3-8,10,12-15,23,25,27H,2,9,11H2,1H3/b19-13-. The van der Waals surface area contributed by atoms with E-state index in [9.17, 15) is 5.11 Å². The normalized spacial score (nSPS) is 17.3. The van der Waals surface area contributed by atoms with Gasteiger partial charge in [-0.15, -0.1) is 0 Å². The van der Waals surface area contributed by atoms with Gasteiger partial charge in [-0.05, 0) is 60.9 Å². The number of pyridine rings is 1. The molecule has 0 saturated heterocycles. The summed E-state index contributed by atoms with van der Waals surface area (Å²) in [5.74, 6) is 1.16. The summed E-state index contributed by atoms with van der Waals surface area (Å²) in [5, 5.41) is 13.8. The molecule has 1 aliphatic rings. The van der Waals surface area contributed by atoms with Crippen LogP contribution in [0.1, 0.15) is 18.1 Å². The van der Waals surface area contributed by atoms with E-state index in [1.165, 1.54) is 5.56 Å². The first-order valence-electron chi connectivity index (χ1n) is 9.65. The van der Waals surface area contributed by atoms with E-state index in [2.05, 4.69) is 33.5 Å². The van der Waals surface area contributed by atoms with Crippen molar-refractivity contribution in [2.75, 3.05) is 13.2 Å². The van der Waals surface area contributed by atoms with Gasteiger partial charge in [0, 0.05) is 29.2 Å². The average molecular weight is 406 g/mol. The Morgan fingerprint density at radius 2 is 2.03 bits per heavy atom. The summed E-state index contributed by atoms with van der Waals surface area (Å²) in [6, 6.07) is 15.4. The smallest absolute Gasteiger partial charge is 0.151 e. The first kappa shape index (κ1) is 19.5. The van der Waals surface area contributed by atoms with Crippen molar-refractivity contribution in [3.05, 3.63) is 70.8 Å². The van der Waals surface area contributed by atoms with Crippen LogP contribution in [0.2, 0.25) is 0 Å². The van der Waals surface area contributed by atoms with Gasteiger partial charge >= 0.3 is 0 Å². The third-order valence-electron chi connectivity index (χ3n) is 4.59. The maximum atomic E-state index is 9.35. The van der Waals surface area contributed by atoms with Crippen LogP contribution < -0.4 is 10.1 Å². The Morgan fingerprint density at radius 1 is 1.17 bits per heavy atom. The number of phenolic OH excluding ortho intramolecular Hbond substituents is 1. The zero-order chi connectivity index (χ0) is 20.1. The Kier molecular flexibility index (Phi) is 6.12. The lowest BCUT2D eigenvalue weighted by atomic mass is 10.1. The van der Waals surface area contributed by atoms with Gasteiger partial charge in [-0.25, -0.2) is 0 Å². The third kappa shape index (κ3) is 4.96. The maximum absolute atomic E-state index is 9.35. The number of thioether (sulfide) groups is 1. The topological polar surface area (TPSA) is 66.7 Å². The van der Waals surface area contributed by atoms with Gasteiger partial charge in [0.1, 0.15) is 11.5 Å². The highest BCUT2D eigenvalue weighted by atomic mass is 32.2. The number of nitrogens with one attached hydrogen (secondary N) is 1. The van der Waals surface area contributed by atoms with E-state index in [1.807, 2.05) is 37.4 Å². The van der Waals surface area contributed by atoms with Crippen LogP contribution in [0.15, 0.2) is 64.6 Å². The summed E-state index contributed by atoms with van der Waals surface area (Å²) in [4.78, 5) is 10.1. The van der Waals surface area contributed by atoms with Gasteiger partial charge in [0.25, 0.3) is 0 Å². The number of hydrogen-bond acceptors (Lipinski definition) is 6. The van der Waals surface area contributed by atoms with Gasteiger partial charge in [-0.1, -0.05) is 30.0 Å². The van der Waals surface area contributed by atoms with Crippen molar-refractivity contribution in [2.24, 2.45) is 4.99 Å². The minimum atomic E-state index is 0.0273. The summed E-state index contributed by atoms with van der Waals surface area (Å²) in [7, 11) is 0. The number of nitrogens with zero attached hydrogens (tertiary/aromatic N) is 2. The van der Waals surface area contributed by atoms with Crippen LogP contribution in [0.4, 0.5) is 0 Å². The molecule has 4 rings (SSSR count). The molecule has 0 spiro atoms. The number of benzene rings is 2. The van der Waals surface area contributed by atoms with Crippen LogP contribution in [0.5, 0.6) is 11.5 Å². The summed E-state index contributed by atoms with van der Waals surface area (Å²) >= 11 is 1.70. The van der Waals surface area contributed by atoms with Crippen molar-refractivity contribution < 1.29 is 9.84 Å². The highest BCUT2D eigenvalue weighted by Gasteiger charge is 2.15. The molecule has 0 radical (unpaired) electrons. The van der Waals surface area contributed by atoms with Crippen molar-refractivity contribution in [3.63, 3.8) is 0 Å². The summed E-state index contributed by atoms with van der Waals surface area (Å²) in [5.41, 5.74) is 3.25. The van der Waals surface area contributed by atoms with Crippen LogP contribution in [0.25, 0.3) is 17.0 Å². The number of aromatic nitrogens is 1. The monoisotopic (exact) mass is 405 g/mol. The zero-order valence-corrected chi connectivity index (χ0v) is 17.0. The lowest BCUT2D eigenvalue weighted by Gasteiger charge is -2.09. The second-order valence-electron chi connectivity index (χ2n) is 6.68. The van der Waals surface area contributed by atoms with E-state index in [0.29, 0.717) is 12.4 Å². The fourth-order valence-corrected chi connectivity index (χ4v) is 4.08. The number of rotatable bonds is 7. The molecule has 1 unspecified atom stereocenters. The Morgan fingerprint density at radius 3 is 2.86 bits per heavy atom. The molecule has 29 heavy (non-hydrogen) atoms. The average Bonchev–Trinajstić information content (AvgIpc) is 3.17. The Balaban J connectivity index is 1.38. The second-order valence-corrected chi connectivity index (χ2v) is 7.84. The van der Waals surface area contributed by atoms with Gasteiger partial charge in [0.15, 0.2) is 5.50 Å². The second kappa shape index (κ2) is 9.11. The molecule has 1 atom stereocenters. The van der Waals surface area contributed by atoms with E-state index in [-0.39, 0.29) is 5.50 Å². The van der Waals surface area contributed by atoms with Gasteiger partial charge in [-0.3, -0.25) is 15.3 Å². The highest BCUT2D eigenvalue weighted by Crippen LogP contribution is 2.30. The molecular formula is C23H23N3O2S. The van der Waals surface area contributed by atoms with Crippen molar-refractivity contribution in [2.45, 2.75) is 18.8 Å². The number of allylic oxidation sites excluding steroid dienone is 1. The van der Waals surface area contributed by atoms with Gasteiger partial charge in [0.2, 0.25) is 0 Å². The highest BCUT2D eigenvalue weighted by molar-refractivity contribution is 8.04. The molecule has 0 saturated carbocycles. The van der Waals surface area contributed by atoms with Crippen LogP contribution in [-0.4, -0.2) is 35.0 Å². The number of phenols is 1. The van der Waals surface area contributed by atoms with Crippen LogP contribution >= 0.6 is 11.8 Å². The van der Waals surface area contributed by atoms with Crippen LogP contribution in [0, 0.1) is 0 Å². The number of ether oxygens (including phenoxy) is 1. The zero-order valence-electron chi connectivity index (χ0n) is 16.2. The quantitative estimate of drug-likeness (QED) is 0.601. The molecule has 0 fully saturated rings. The van der Waals surface area contributed by atoms with Crippen molar-refractivity contribution in [1.29, 1.82) is 0 Å². The van der Waals surface area contributed by atoms with E-state index in [0.717, 1.165) is 40.1 Å². The predicted octanol–water partition coefficient (Wildman–Crippen LogP) is 4.61. The third-order valence-corrected chi connectivity index (χ3v) is 5.60. The molecule has 2 N–H and O–H groups in total. The maximum Gasteiger partial charge on any atom is 0.151 e. The molecule has 0 bridgehead atoms. The lowest BCUT2D eigenvalue weighted by molar-refractivity contribution is 0.344. The fraction of sp³-hybridized carbons (Fsp3) is 0.217. The number of aromatic hydroxyl groups is 1. The number of fused-ring (bicyclic) bond motifs is 1. The van der Waals surface area contributed by atoms with Gasteiger partial charge in [-0.2, -0.15) is 0 Å². The summed E-state index contributed by atoms with van der Waals surface area (Å²) in [6.07, 6.45) is 6.72.